The Morgan fingerprint density at radius 2 is 2.26 bits per heavy atom. The van der Waals surface area contributed by atoms with Gasteiger partial charge in [-0.25, -0.2) is 0 Å². The fourth-order valence-corrected chi connectivity index (χ4v) is 2.39. The van der Waals surface area contributed by atoms with Gasteiger partial charge in [0, 0.05) is 18.1 Å². The van der Waals surface area contributed by atoms with E-state index in [-0.39, 0.29) is 18.4 Å². The summed E-state index contributed by atoms with van der Waals surface area (Å²) < 4.78 is 4.66. The summed E-state index contributed by atoms with van der Waals surface area (Å²) in [6.07, 6.45) is 0. The summed E-state index contributed by atoms with van der Waals surface area (Å²) in [4.78, 5) is 25.3. The third-order valence-corrected chi connectivity index (χ3v) is 3.42. The highest BCUT2D eigenvalue weighted by atomic mass is 35.5. The van der Waals surface area contributed by atoms with Gasteiger partial charge in [0.05, 0.1) is 13.7 Å². The van der Waals surface area contributed by atoms with E-state index < -0.39 is 6.04 Å². The zero-order valence-corrected chi connectivity index (χ0v) is 11.3. The molecule has 1 saturated heterocycles. The van der Waals surface area contributed by atoms with Crippen molar-refractivity contribution in [2.24, 2.45) is 0 Å². The highest BCUT2D eigenvalue weighted by molar-refractivity contribution is 6.31. The van der Waals surface area contributed by atoms with Crippen molar-refractivity contribution in [3.63, 3.8) is 0 Å². The molecule has 19 heavy (non-hydrogen) atoms. The van der Waals surface area contributed by atoms with Crippen molar-refractivity contribution >= 4 is 23.5 Å². The van der Waals surface area contributed by atoms with Crippen LogP contribution in [0.15, 0.2) is 24.3 Å². The molecule has 0 bridgehead atoms. The van der Waals surface area contributed by atoms with Crippen LogP contribution in [0.4, 0.5) is 0 Å². The average molecular weight is 283 g/mol. The number of amides is 1. The number of ether oxygens (including phenoxy) is 1. The van der Waals surface area contributed by atoms with Crippen molar-refractivity contribution in [3.05, 3.63) is 34.9 Å². The molecule has 2 rings (SSSR count). The van der Waals surface area contributed by atoms with Crippen LogP contribution in [0.2, 0.25) is 5.02 Å². The standard InChI is InChI=1S/C13H15ClN2O3/c1-19-11(17)8-16-7-6-15-13(18)12(16)9-4-2-3-5-10(9)14/h2-5,12H,6-8H2,1H3,(H,15,18). The first-order valence-corrected chi connectivity index (χ1v) is 6.34. The number of esters is 1. The molecule has 1 aliphatic rings. The van der Waals surface area contributed by atoms with E-state index in [0.29, 0.717) is 23.7 Å². The van der Waals surface area contributed by atoms with E-state index in [1.807, 2.05) is 6.07 Å². The van der Waals surface area contributed by atoms with Gasteiger partial charge >= 0.3 is 5.97 Å². The Labute approximate surface area is 116 Å². The molecule has 1 aromatic carbocycles. The Hall–Kier alpha value is -1.59. The third-order valence-electron chi connectivity index (χ3n) is 3.07. The lowest BCUT2D eigenvalue weighted by Crippen LogP contribution is -2.51. The van der Waals surface area contributed by atoms with E-state index in [1.165, 1.54) is 7.11 Å². The molecule has 1 amide bonds. The average Bonchev–Trinajstić information content (AvgIpc) is 2.40. The van der Waals surface area contributed by atoms with Crippen molar-refractivity contribution in [1.29, 1.82) is 0 Å². The summed E-state index contributed by atoms with van der Waals surface area (Å²) in [6.45, 7) is 1.16. The summed E-state index contributed by atoms with van der Waals surface area (Å²) in [5.74, 6) is -0.519. The van der Waals surface area contributed by atoms with Crippen LogP contribution in [0.5, 0.6) is 0 Å². The number of rotatable bonds is 3. The molecular formula is C13H15ClN2O3. The lowest BCUT2D eigenvalue weighted by atomic mass is 10.0. The molecule has 0 spiro atoms. The summed E-state index contributed by atoms with van der Waals surface area (Å²) in [5.41, 5.74) is 0.699. The summed E-state index contributed by atoms with van der Waals surface area (Å²) in [6, 6.07) is 6.59. The van der Waals surface area contributed by atoms with Gasteiger partial charge in [0.15, 0.2) is 0 Å². The van der Waals surface area contributed by atoms with Crippen LogP contribution in [0, 0.1) is 0 Å². The predicted octanol–water partition coefficient (Wildman–Crippen LogP) is 0.986. The molecule has 1 aliphatic heterocycles. The van der Waals surface area contributed by atoms with Crippen molar-refractivity contribution in [3.8, 4) is 0 Å². The topological polar surface area (TPSA) is 58.6 Å². The molecule has 1 unspecified atom stereocenters. The second-order valence-corrected chi connectivity index (χ2v) is 4.67. The number of carbonyl (C=O) groups is 2. The van der Waals surface area contributed by atoms with Crippen LogP contribution >= 0.6 is 11.6 Å². The number of hydrogen-bond acceptors (Lipinski definition) is 4. The maximum atomic E-state index is 12.1. The number of nitrogens with one attached hydrogen (secondary N) is 1. The summed E-state index contributed by atoms with van der Waals surface area (Å²) >= 11 is 6.14. The van der Waals surface area contributed by atoms with Crippen molar-refractivity contribution in [2.75, 3.05) is 26.7 Å². The smallest absolute Gasteiger partial charge is 0.319 e. The molecule has 1 N–H and O–H groups in total. The minimum atomic E-state index is -0.554. The Bertz CT molecular complexity index is 493. The molecule has 1 atom stereocenters. The fraction of sp³-hybridized carbons (Fsp3) is 0.385. The number of methoxy groups -OCH3 is 1. The molecule has 102 valence electrons. The van der Waals surface area contributed by atoms with E-state index in [0.717, 1.165) is 0 Å². The lowest BCUT2D eigenvalue weighted by molar-refractivity contribution is -0.144. The van der Waals surface area contributed by atoms with E-state index in [1.54, 1.807) is 23.1 Å². The van der Waals surface area contributed by atoms with Gasteiger partial charge < -0.3 is 10.1 Å². The molecule has 1 aromatic rings. The molecule has 0 radical (unpaired) electrons. The molecule has 0 saturated carbocycles. The monoisotopic (exact) mass is 282 g/mol. The van der Waals surface area contributed by atoms with Crippen molar-refractivity contribution < 1.29 is 14.3 Å². The van der Waals surface area contributed by atoms with Crippen LogP contribution in [0.25, 0.3) is 0 Å². The minimum Gasteiger partial charge on any atom is -0.468 e. The maximum absolute atomic E-state index is 12.1. The molecule has 0 aromatic heterocycles. The number of hydrogen-bond donors (Lipinski definition) is 1. The Kier molecular flexibility index (Phi) is 4.39. The summed E-state index contributed by atoms with van der Waals surface area (Å²) in [5, 5.41) is 3.30. The van der Waals surface area contributed by atoms with E-state index in [9.17, 15) is 9.59 Å². The Morgan fingerprint density at radius 1 is 1.53 bits per heavy atom. The molecule has 0 aliphatic carbocycles. The SMILES string of the molecule is COC(=O)CN1CCNC(=O)C1c1ccccc1Cl. The highest BCUT2D eigenvalue weighted by Crippen LogP contribution is 2.28. The second kappa shape index (κ2) is 6.04. The van der Waals surface area contributed by atoms with Gasteiger partial charge in [-0.05, 0) is 11.6 Å². The highest BCUT2D eigenvalue weighted by Gasteiger charge is 2.33. The summed E-state index contributed by atoms with van der Waals surface area (Å²) in [7, 11) is 1.33. The third kappa shape index (κ3) is 3.05. The van der Waals surface area contributed by atoms with Gasteiger partial charge in [-0.1, -0.05) is 29.8 Å². The number of piperazine rings is 1. The van der Waals surface area contributed by atoms with Gasteiger partial charge in [0.1, 0.15) is 6.04 Å². The quantitative estimate of drug-likeness (QED) is 0.840. The fourth-order valence-electron chi connectivity index (χ4n) is 2.15. The van der Waals surface area contributed by atoms with Crippen LogP contribution in [0.1, 0.15) is 11.6 Å². The Morgan fingerprint density at radius 3 is 2.95 bits per heavy atom. The molecular weight excluding hydrogens is 268 g/mol. The number of halogens is 1. The lowest BCUT2D eigenvalue weighted by Gasteiger charge is -2.34. The van der Waals surface area contributed by atoms with Crippen LogP contribution in [-0.4, -0.2) is 43.5 Å². The zero-order valence-electron chi connectivity index (χ0n) is 10.6. The Balaban J connectivity index is 2.29. The number of benzene rings is 1. The first kappa shape index (κ1) is 13.8. The zero-order chi connectivity index (χ0) is 13.8. The predicted molar refractivity (Wildman–Crippen MR) is 70.8 cm³/mol. The number of nitrogens with zero attached hydrogens (tertiary/aromatic N) is 1. The normalized spacial score (nSPS) is 19.9. The van der Waals surface area contributed by atoms with Crippen LogP contribution < -0.4 is 5.32 Å². The van der Waals surface area contributed by atoms with E-state index in [4.69, 9.17) is 11.6 Å². The second-order valence-electron chi connectivity index (χ2n) is 4.26. The first-order valence-electron chi connectivity index (χ1n) is 5.96. The van der Waals surface area contributed by atoms with Crippen molar-refractivity contribution in [1.82, 2.24) is 10.2 Å². The molecule has 1 fully saturated rings. The van der Waals surface area contributed by atoms with Gasteiger partial charge in [0.25, 0.3) is 0 Å². The first-order chi connectivity index (χ1) is 9.13. The van der Waals surface area contributed by atoms with Gasteiger partial charge in [-0.2, -0.15) is 0 Å². The van der Waals surface area contributed by atoms with Crippen LogP contribution in [0.3, 0.4) is 0 Å². The maximum Gasteiger partial charge on any atom is 0.319 e. The molecule has 5 nitrogen and oxygen atoms in total. The van der Waals surface area contributed by atoms with Gasteiger partial charge in [-0.3, -0.25) is 14.5 Å². The molecule has 6 heteroatoms. The van der Waals surface area contributed by atoms with Crippen molar-refractivity contribution in [2.45, 2.75) is 6.04 Å². The number of carbonyl (C=O) groups excluding carboxylic acids is 2. The largest absolute Gasteiger partial charge is 0.468 e. The van der Waals surface area contributed by atoms with Gasteiger partial charge in [0.2, 0.25) is 5.91 Å². The van der Waals surface area contributed by atoms with Crippen LogP contribution in [-0.2, 0) is 14.3 Å². The van der Waals surface area contributed by atoms with E-state index in [2.05, 4.69) is 10.1 Å². The van der Waals surface area contributed by atoms with Gasteiger partial charge in [-0.15, -0.1) is 0 Å². The molecule has 1 heterocycles. The minimum absolute atomic E-state index is 0.0693. The van der Waals surface area contributed by atoms with E-state index >= 15 is 0 Å².